The number of benzene rings is 2. The zero-order chi connectivity index (χ0) is 14.8. The molecule has 2 aromatic rings. The molecule has 0 aromatic heterocycles. The van der Waals surface area contributed by atoms with Crippen LogP contribution in [-0.2, 0) is 11.2 Å². The summed E-state index contributed by atoms with van der Waals surface area (Å²) in [7, 11) is 0. The summed E-state index contributed by atoms with van der Waals surface area (Å²) in [5.41, 5.74) is 8.28. The lowest BCUT2D eigenvalue weighted by atomic mass is 10.1. The highest BCUT2D eigenvalue weighted by Gasteiger charge is 2.26. The second-order valence-electron chi connectivity index (χ2n) is 4.99. The van der Waals surface area contributed by atoms with Gasteiger partial charge in [0.15, 0.2) is 0 Å². The van der Waals surface area contributed by atoms with Gasteiger partial charge in [-0.1, -0.05) is 24.3 Å². The maximum absolute atomic E-state index is 12.3. The summed E-state index contributed by atoms with van der Waals surface area (Å²) in [6, 6.07) is 14.1. The van der Waals surface area contributed by atoms with Gasteiger partial charge in [-0.25, -0.2) is 0 Å². The number of fused-ring (bicyclic) bond motifs is 1. The van der Waals surface area contributed by atoms with Crippen LogP contribution in [0.5, 0.6) is 0 Å². The highest BCUT2D eigenvalue weighted by atomic mass is 16.2. The number of para-hydroxylation sites is 1. The van der Waals surface area contributed by atoms with Gasteiger partial charge in [-0.3, -0.25) is 9.59 Å². The van der Waals surface area contributed by atoms with Crippen molar-refractivity contribution in [2.75, 3.05) is 10.6 Å². The Balaban J connectivity index is 1.71. The predicted molar refractivity (Wildman–Crippen MR) is 81.1 cm³/mol. The molecule has 5 heteroatoms. The van der Waals surface area contributed by atoms with Crippen molar-refractivity contribution >= 4 is 23.2 Å². The molecule has 0 bridgehead atoms. The van der Waals surface area contributed by atoms with Crippen LogP contribution in [0.4, 0.5) is 11.4 Å². The first-order valence-corrected chi connectivity index (χ1v) is 6.68. The van der Waals surface area contributed by atoms with Crippen molar-refractivity contribution in [3.8, 4) is 0 Å². The van der Waals surface area contributed by atoms with Gasteiger partial charge >= 0.3 is 0 Å². The summed E-state index contributed by atoms with van der Waals surface area (Å²) in [6.07, 6.45) is 0.650. The van der Waals surface area contributed by atoms with Crippen LogP contribution in [0.2, 0.25) is 0 Å². The lowest BCUT2D eigenvalue weighted by Gasteiger charge is -2.12. The van der Waals surface area contributed by atoms with E-state index >= 15 is 0 Å². The molecule has 1 atom stereocenters. The van der Waals surface area contributed by atoms with Gasteiger partial charge in [-0.2, -0.15) is 0 Å². The van der Waals surface area contributed by atoms with Gasteiger partial charge in [0.2, 0.25) is 11.8 Å². The molecule has 2 amide bonds. The number of anilines is 2. The Kier molecular flexibility index (Phi) is 3.31. The number of primary amides is 1. The third-order valence-electron chi connectivity index (χ3n) is 3.50. The van der Waals surface area contributed by atoms with Crippen molar-refractivity contribution in [1.82, 2.24) is 0 Å². The molecule has 1 aliphatic heterocycles. The first kappa shape index (κ1) is 13.2. The first-order valence-electron chi connectivity index (χ1n) is 6.68. The summed E-state index contributed by atoms with van der Waals surface area (Å²) >= 11 is 0. The molecule has 2 aromatic carbocycles. The smallest absolute Gasteiger partial charge is 0.248 e. The topological polar surface area (TPSA) is 84.2 Å². The van der Waals surface area contributed by atoms with E-state index < -0.39 is 5.91 Å². The van der Waals surface area contributed by atoms with Crippen LogP contribution < -0.4 is 16.4 Å². The summed E-state index contributed by atoms with van der Waals surface area (Å²) in [5, 5.41) is 5.99. The molecule has 21 heavy (non-hydrogen) atoms. The van der Waals surface area contributed by atoms with Gasteiger partial charge in [0, 0.05) is 23.4 Å². The fourth-order valence-electron chi connectivity index (χ4n) is 2.44. The van der Waals surface area contributed by atoms with Gasteiger partial charge in [-0.15, -0.1) is 0 Å². The van der Waals surface area contributed by atoms with Crippen LogP contribution in [0.3, 0.4) is 0 Å². The molecule has 0 saturated carbocycles. The van der Waals surface area contributed by atoms with Crippen LogP contribution >= 0.6 is 0 Å². The third kappa shape index (κ3) is 2.72. The monoisotopic (exact) mass is 281 g/mol. The Morgan fingerprint density at radius 3 is 2.71 bits per heavy atom. The van der Waals surface area contributed by atoms with Crippen LogP contribution in [0.15, 0.2) is 48.5 Å². The molecule has 1 aliphatic rings. The van der Waals surface area contributed by atoms with Crippen molar-refractivity contribution in [2.45, 2.75) is 12.5 Å². The quantitative estimate of drug-likeness (QED) is 0.801. The van der Waals surface area contributed by atoms with Gasteiger partial charge in [-0.05, 0) is 29.8 Å². The van der Waals surface area contributed by atoms with E-state index in [1.54, 1.807) is 24.3 Å². The standard InChI is InChI=1S/C16H15N3O2/c17-15(20)11-5-3-6-12(8-11)18-16(21)14-9-10-4-1-2-7-13(10)19-14/h1-8,14,19H,9H2,(H2,17,20)(H,18,21). The van der Waals surface area contributed by atoms with Crippen LogP contribution in [0, 0.1) is 0 Å². The number of nitrogens with one attached hydrogen (secondary N) is 2. The number of rotatable bonds is 3. The molecule has 0 fully saturated rings. The highest BCUT2D eigenvalue weighted by molar-refractivity contribution is 5.99. The fraction of sp³-hybridized carbons (Fsp3) is 0.125. The SMILES string of the molecule is NC(=O)c1cccc(NC(=O)C2Cc3ccccc3N2)c1. The van der Waals surface area contributed by atoms with E-state index in [1.807, 2.05) is 24.3 Å². The van der Waals surface area contributed by atoms with Crippen molar-refractivity contribution in [1.29, 1.82) is 0 Å². The van der Waals surface area contributed by atoms with Crippen LogP contribution in [-0.4, -0.2) is 17.9 Å². The molecule has 106 valence electrons. The molecule has 0 saturated heterocycles. The molecule has 3 rings (SSSR count). The van der Waals surface area contributed by atoms with Gasteiger partial charge in [0.25, 0.3) is 0 Å². The molecular formula is C16H15N3O2. The summed E-state index contributed by atoms with van der Waals surface area (Å²) in [4.78, 5) is 23.4. The lowest BCUT2D eigenvalue weighted by molar-refractivity contribution is -0.116. The molecule has 5 nitrogen and oxygen atoms in total. The van der Waals surface area contributed by atoms with Crippen molar-refractivity contribution in [2.24, 2.45) is 5.73 Å². The van der Waals surface area contributed by atoms with Crippen molar-refractivity contribution in [3.05, 3.63) is 59.7 Å². The minimum atomic E-state index is -0.516. The third-order valence-corrected chi connectivity index (χ3v) is 3.50. The second kappa shape index (κ2) is 5.28. The van der Waals surface area contributed by atoms with Gasteiger partial charge in [0.1, 0.15) is 6.04 Å². The summed E-state index contributed by atoms with van der Waals surface area (Å²) in [5.74, 6) is -0.648. The Labute approximate surface area is 122 Å². The maximum Gasteiger partial charge on any atom is 0.248 e. The molecular weight excluding hydrogens is 266 g/mol. The first-order chi connectivity index (χ1) is 10.1. The average Bonchev–Trinajstić information content (AvgIpc) is 2.91. The van der Waals surface area contributed by atoms with Crippen LogP contribution in [0.1, 0.15) is 15.9 Å². The van der Waals surface area contributed by atoms with E-state index in [2.05, 4.69) is 10.6 Å². The second-order valence-corrected chi connectivity index (χ2v) is 4.99. The van der Waals surface area contributed by atoms with Gasteiger partial charge in [0.05, 0.1) is 0 Å². The van der Waals surface area contributed by atoms with E-state index in [0.717, 1.165) is 11.3 Å². The zero-order valence-electron chi connectivity index (χ0n) is 11.3. The minimum absolute atomic E-state index is 0.132. The Morgan fingerprint density at radius 2 is 1.95 bits per heavy atom. The van der Waals surface area contributed by atoms with Crippen molar-refractivity contribution in [3.63, 3.8) is 0 Å². The Bertz CT molecular complexity index is 687. The molecule has 0 spiro atoms. The molecule has 1 unspecified atom stereocenters. The van der Waals surface area contributed by atoms with Gasteiger partial charge < -0.3 is 16.4 Å². The summed E-state index contributed by atoms with van der Waals surface area (Å²) < 4.78 is 0. The molecule has 4 N–H and O–H groups in total. The Hall–Kier alpha value is -2.82. The number of carbonyl (C=O) groups excluding carboxylic acids is 2. The maximum atomic E-state index is 12.3. The van der Waals surface area contributed by atoms with E-state index in [0.29, 0.717) is 17.7 Å². The van der Waals surface area contributed by atoms with E-state index in [4.69, 9.17) is 5.73 Å². The largest absolute Gasteiger partial charge is 0.373 e. The number of hydrogen-bond donors (Lipinski definition) is 3. The van der Waals surface area contributed by atoms with Crippen molar-refractivity contribution < 1.29 is 9.59 Å². The highest BCUT2D eigenvalue weighted by Crippen LogP contribution is 2.25. The predicted octanol–water partition coefficient (Wildman–Crippen LogP) is 1.76. The molecule has 0 aliphatic carbocycles. The lowest BCUT2D eigenvalue weighted by Crippen LogP contribution is -2.32. The normalized spacial score (nSPS) is 15.9. The zero-order valence-corrected chi connectivity index (χ0v) is 11.3. The van der Waals surface area contributed by atoms with E-state index in [-0.39, 0.29) is 11.9 Å². The van der Waals surface area contributed by atoms with Crippen LogP contribution in [0.25, 0.3) is 0 Å². The van der Waals surface area contributed by atoms with E-state index in [1.165, 1.54) is 0 Å². The Morgan fingerprint density at radius 1 is 1.14 bits per heavy atom. The number of carbonyl (C=O) groups is 2. The molecule has 1 heterocycles. The fourth-order valence-corrected chi connectivity index (χ4v) is 2.44. The molecule has 0 radical (unpaired) electrons. The number of nitrogens with two attached hydrogens (primary N) is 1. The summed E-state index contributed by atoms with van der Waals surface area (Å²) in [6.45, 7) is 0. The number of hydrogen-bond acceptors (Lipinski definition) is 3. The minimum Gasteiger partial charge on any atom is -0.373 e. The average molecular weight is 281 g/mol. The van der Waals surface area contributed by atoms with E-state index in [9.17, 15) is 9.59 Å². The number of amides is 2.